The van der Waals surface area contributed by atoms with E-state index in [1.54, 1.807) is 48.8 Å². The van der Waals surface area contributed by atoms with E-state index in [4.69, 9.17) is 9.15 Å². The zero-order valence-electron chi connectivity index (χ0n) is 15.2. The molecule has 0 atom stereocenters. The second-order valence-electron chi connectivity index (χ2n) is 5.35. The summed E-state index contributed by atoms with van der Waals surface area (Å²) in [6, 6.07) is 11.2. The summed E-state index contributed by atoms with van der Waals surface area (Å²) in [5.41, 5.74) is 0. The van der Waals surface area contributed by atoms with E-state index in [0.717, 1.165) is 15.6 Å². The van der Waals surface area contributed by atoms with Crippen LogP contribution in [0.15, 0.2) is 61.6 Å². The number of furan rings is 1. The van der Waals surface area contributed by atoms with Crippen molar-refractivity contribution in [2.75, 3.05) is 20.7 Å². The van der Waals surface area contributed by atoms with Crippen LogP contribution < -0.4 is 0 Å². The summed E-state index contributed by atoms with van der Waals surface area (Å²) in [5.74, 6) is 1.44. The summed E-state index contributed by atoms with van der Waals surface area (Å²) in [6.45, 7) is 2.04. The van der Waals surface area contributed by atoms with Gasteiger partial charge in [-0.05, 0) is 35.9 Å². The highest BCUT2D eigenvalue weighted by Gasteiger charge is 2.19. The van der Waals surface area contributed by atoms with Gasteiger partial charge < -0.3 is 14.1 Å². The molecule has 0 amide bonds. The standard InChI is InChI=1S/C19H19N3O3S2/c1-4-24-19(23)13-9-10-16(25-13)21-18(15-8-6-12-27-15)22(3)17(20-2)14-7-5-11-26-14/h5-12H,4H2,1-3H3. The zero-order valence-corrected chi connectivity index (χ0v) is 16.8. The van der Waals surface area contributed by atoms with Crippen molar-refractivity contribution >= 4 is 46.2 Å². The van der Waals surface area contributed by atoms with Gasteiger partial charge in [0.15, 0.2) is 5.84 Å². The Bertz CT molecular complexity index is 941. The number of esters is 1. The van der Waals surface area contributed by atoms with Crippen LogP contribution >= 0.6 is 22.7 Å². The Balaban J connectivity index is 1.97. The lowest BCUT2D eigenvalue weighted by atomic mass is 10.3. The van der Waals surface area contributed by atoms with E-state index < -0.39 is 5.97 Å². The number of hydrogen-bond acceptors (Lipinski definition) is 7. The van der Waals surface area contributed by atoms with Crippen LogP contribution in [0, 0.1) is 0 Å². The first-order valence-electron chi connectivity index (χ1n) is 8.28. The molecule has 140 valence electrons. The molecule has 0 spiro atoms. The number of amidine groups is 2. The highest BCUT2D eigenvalue weighted by molar-refractivity contribution is 7.12. The lowest BCUT2D eigenvalue weighted by molar-refractivity contribution is 0.0491. The van der Waals surface area contributed by atoms with Crippen molar-refractivity contribution in [3.05, 3.63) is 62.7 Å². The van der Waals surface area contributed by atoms with Crippen molar-refractivity contribution in [1.29, 1.82) is 0 Å². The number of carbonyl (C=O) groups excluding carboxylic acids is 1. The Morgan fingerprint density at radius 2 is 1.78 bits per heavy atom. The van der Waals surface area contributed by atoms with Crippen molar-refractivity contribution in [2.45, 2.75) is 6.92 Å². The maximum Gasteiger partial charge on any atom is 0.374 e. The topological polar surface area (TPSA) is 67.4 Å². The Kier molecular flexibility index (Phi) is 6.20. The largest absolute Gasteiger partial charge is 0.460 e. The average molecular weight is 402 g/mol. The maximum atomic E-state index is 11.8. The van der Waals surface area contributed by atoms with Gasteiger partial charge in [0.1, 0.15) is 5.84 Å². The first kappa shape index (κ1) is 19.1. The molecule has 0 bridgehead atoms. The molecule has 27 heavy (non-hydrogen) atoms. The third-order valence-electron chi connectivity index (χ3n) is 3.61. The molecular formula is C19H19N3O3S2. The van der Waals surface area contributed by atoms with E-state index in [9.17, 15) is 4.79 Å². The molecule has 3 aromatic heterocycles. The van der Waals surface area contributed by atoms with E-state index in [-0.39, 0.29) is 5.76 Å². The third-order valence-corrected chi connectivity index (χ3v) is 5.35. The summed E-state index contributed by atoms with van der Waals surface area (Å²) in [7, 11) is 3.67. The summed E-state index contributed by atoms with van der Waals surface area (Å²) < 4.78 is 10.5. The molecule has 0 saturated heterocycles. The highest BCUT2D eigenvalue weighted by Crippen LogP contribution is 2.23. The molecule has 0 aliphatic carbocycles. The van der Waals surface area contributed by atoms with Crippen molar-refractivity contribution in [3.8, 4) is 0 Å². The molecule has 0 fully saturated rings. The number of thiophene rings is 2. The molecule has 0 N–H and O–H groups in total. The second-order valence-corrected chi connectivity index (χ2v) is 7.25. The van der Waals surface area contributed by atoms with Gasteiger partial charge in [-0.15, -0.1) is 22.7 Å². The van der Waals surface area contributed by atoms with E-state index in [2.05, 4.69) is 9.98 Å². The number of ether oxygens (including phenoxy) is 1. The Morgan fingerprint density at radius 1 is 1.11 bits per heavy atom. The number of nitrogens with zero attached hydrogens (tertiary/aromatic N) is 3. The fourth-order valence-electron chi connectivity index (χ4n) is 2.44. The van der Waals surface area contributed by atoms with Gasteiger partial charge >= 0.3 is 5.97 Å². The normalized spacial score (nSPS) is 12.3. The molecule has 0 aliphatic heterocycles. The van der Waals surface area contributed by atoms with Crippen molar-refractivity contribution in [3.63, 3.8) is 0 Å². The van der Waals surface area contributed by atoms with Gasteiger partial charge in [-0.2, -0.15) is 4.99 Å². The van der Waals surface area contributed by atoms with Crippen LogP contribution in [0.3, 0.4) is 0 Å². The molecule has 8 heteroatoms. The van der Waals surface area contributed by atoms with Crippen molar-refractivity contribution in [2.24, 2.45) is 9.98 Å². The molecule has 0 radical (unpaired) electrons. The third kappa shape index (κ3) is 4.35. The summed E-state index contributed by atoms with van der Waals surface area (Å²) in [5, 5.41) is 3.99. The number of rotatable bonds is 5. The average Bonchev–Trinajstić information content (AvgIpc) is 3.42. The van der Waals surface area contributed by atoms with Crippen LogP contribution in [0.1, 0.15) is 27.2 Å². The molecule has 3 aromatic rings. The van der Waals surface area contributed by atoms with Gasteiger partial charge in [-0.3, -0.25) is 4.99 Å². The van der Waals surface area contributed by atoms with Gasteiger partial charge in [-0.25, -0.2) is 4.79 Å². The first-order chi connectivity index (χ1) is 13.1. The van der Waals surface area contributed by atoms with E-state index in [1.807, 2.05) is 47.0 Å². The Morgan fingerprint density at radius 3 is 2.33 bits per heavy atom. The zero-order chi connectivity index (χ0) is 19.2. The summed E-state index contributed by atoms with van der Waals surface area (Å²) in [4.78, 5) is 24.8. The fraction of sp³-hybridized carbons (Fsp3) is 0.211. The Hall–Kier alpha value is -2.71. The second kappa shape index (κ2) is 8.79. The van der Waals surface area contributed by atoms with Gasteiger partial charge in [0, 0.05) is 20.2 Å². The lowest BCUT2D eigenvalue weighted by Gasteiger charge is -2.21. The molecule has 0 aromatic carbocycles. The van der Waals surface area contributed by atoms with Crippen molar-refractivity contribution < 1.29 is 13.9 Å². The van der Waals surface area contributed by atoms with Crippen molar-refractivity contribution in [1.82, 2.24) is 4.90 Å². The quantitative estimate of drug-likeness (QED) is 0.354. The minimum Gasteiger partial charge on any atom is -0.460 e. The van der Waals surface area contributed by atoms with Crippen LogP contribution in [-0.2, 0) is 4.74 Å². The molecule has 3 rings (SSSR count). The van der Waals surface area contributed by atoms with Gasteiger partial charge in [-0.1, -0.05) is 12.1 Å². The maximum absolute atomic E-state index is 11.8. The fourth-order valence-corrected chi connectivity index (χ4v) is 3.98. The number of aliphatic imine (C=N–C) groups is 2. The minimum atomic E-state index is -0.501. The van der Waals surface area contributed by atoms with Crippen LogP contribution in [0.4, 0.5) is 5.88 Å². The number of carbonyl (C=O) groups is 1. The lowest BCUT2D eigenvalue weighted by Crippen LogP contribution is -2.33. The Labute approximate surface area is 165 Å². The van der Waals surface area contributed by atoms with E-state index >= 15 is 0 Å². The summed E-state index contributed by atoms with van der Waals surface area (Å²) in [6.07, 6.45) is 0. The molecule has 0 aliphatic rings. The monoisotopic (exact) mass is 401 g/mol. The minimum absolute atomic E-state index is 0.131. The molecule has 0 saturated carbocycles. The molecule has 3 heterocycles. The van der Waals surface area contributed by atoms with E-state index in [1.165, 1.54) is 0 Å². The van der Waals surface area contributed by atoms with E-state index in [0.29, 0.717) is 18.3 Å². The van der Waals surface area contributed by atoms with Crippen LogP contribution in [0.5, 0.6) is 0 Å². The predicted molar refractivity (Wildman–Crippen MR) is 110 cm³/mol. The van der Waals surface area contributed by atoms with Crippen LogP contribution in [-0.4, -0.2) is 43.2 Å². The SMILES string of the molecule is CCOC(=O)c1ccc(N=C(c2cccs2)N(C)C(=NC)c2cccs2)o1. The van der Waals surface area contributed by atoms with Gasteiger partial charge in [0.2, 0.25) is 11.6 Å². The van der Waals surface area contributed by atoms with Gasteiger partial charge in [0.05, 0.1) is 16.4 Å². The van der Waals surface area contributed by atoms with Crippen LogP contribution in [0.25, 0.3) is 0 Å². The molecule has 0 unspecified atom stereocenters. The number of hydrogen-bond donors (Lipinski definition) is 0. The van der Waals surface area contributed by atoms with Gasteiger partial charge in [0.25, 0.3) is 0 Å². The summed E-state index contributed by atoms with van der Waals surface area (Å²) >= 11 is 3.18. The molecule has 6 nitrogen and oxygen atoms in total. The predicted octanol–water partition coefficient (Wildman–Crippen LogP) is 4.67. The first-order valence-corrected chi connectivity index (χ1v) is 10.0. The molecular weight excluding hydrogens is 382 g/mol. The van der Waals surface area contributed by atoms with Crippen LogP contribution in [0.2, 0.25) is 0 Å². The highest BCUT2D eigenvalue weighted by atomic mass is 32.1. The smallest absolute Gasteiger partial charge is 0.374 e.